The summed E-state index contributed by atoms with van der Waals surface area (Å²) in [4.78, 5) is 14.0. The molecule has 0 N–H and O–H groups in total. The fourth-order valence-corrected chi connectivity index (χ4v) is 94.2. The molecule has 1 spiro atoms. The third-order valence-corrected chi connectivity index (χ3v) is 59.3. The van der Waals surface area contributed by atoms with Crippen LogP contribution in [0.2, 0.25) is 44.0 Å². The molecule has 2 heteroatoms. The Hall–Kier alpha value is 0.924. The number of hydrogen-bond acceptors (Lipinski definition) is 0. The predicted octanol–water partition coefficient (Wildman–Crippen LogP) is 4.81. The first-order chi connectivity index (χ1) is 7.56. The van der Waals surface area contributed by atoms with Crippen LogP contribution in [0, 0.1) is 0 Å². The Balaban J connectivity index is 1.66. The normalized spacial score (nSPS) is 126. The van der Waals surface area contributed by atoms with Gasteiger partial charge in [0.2, 0.25) is 0 Å². The molecule has 10 heterocycles. The van der Waals surface area contributed by atoms with Gasteiger partial charge in [-0.2, -0.15) is 0 Å². The van der Waals surface area contributed by atoms with Gasteiger partial charge in [-0.05, 0) is 0 Å². The number of rotatable bonds is 3. The topological polar surface area (TPSA) is 0 Å². The first-order valence-corrected chi connectivity index (χ1v) is 14.7. The first kappa shape index (κ1) is 6.39. The third kappa shape index (κ3) is 0.0577. The maximum absolute atomic E-state index is 2.55. The molecule has 10 aliphatic heterocycles. The molecule has 0 radical (unpaired) electrons. The van der Waals surface area contributed by atoms with Crippen LogP contribution in [-0.4, -0.2) is 16.4 Å². The summed E-state index contributed by atoms with van der Waals surface area (Å²) in [5.41, 5.74) is 0. The van der Waals surface area contributed by atoms with Gasteiger partial charge in [-0.15, -0.1) is 0 Å². The van der Waals surface area contributed by atoms with E-state index < -0.39 is 6.23 Å². The number of fused-ring (bicyclic) bond motifs is 10. The van der Waals surface area contributed by atoms with Gasteiger partial charge in [0, 0.05) is 0 Å². The van der Waals surface area contributed by atoms with Crippen LogP contribution in [0.4, 0.5) is 0 Å². The van der Waals surface area contributed by atoms with Gasteiger partial charge in [0.15, 0.2) is 0 Å². The summed E-state index contributed by atoms with van der Waals surface area (Å²) in [5.74, 6) is 0. The molecule has 0 aromatic heterocycles. The molecule has 0 bridgehead atoms. The van der Waals surface area contributed by atoms with E-state index in [0.717, 1.165) is 0 Å². The van der Waals surface area contributed by atoms with Gasteiger partial charge in [0.1, 0.15) is 0 Å². The van der Waals surface area contributed by atoms with Crippen LogP contribution in [0.15, 0.2) is 0 Å². The molecule has 4 atom stereocenters. The zero-order valence-electron chi connectivity index (χ0n) is 9.87. The SMILES string of the molecule is CCP(CC)[C]12[CH]3[CH]4[CH]5[CH]1[Ni]45321678[CH]2[CH]1[CH]6[CH]7[CH]28. The van der Waals surface area contributed by atoms with E-state index in [1.165, 1.54) is 4.13 Å². The van der Waals surface area contributed by atoms with E-state index in [-0.39, 0.29) is 0 Å². The van der Waals surface area contributed by atoms with Crippen molar-refractivity contribution < 1.29 is 6.23 Å². The molecule has 10 saturated heterocycles. The molecule has 90 valence electrons. The molecule has 0 nitrogen and oxygen atoms in total. The van der Waals surface area contributed by atoms with E-state index in [2.05, 4.69) is 13.8 Å². The zero-order valence-corrected chi connectivity index (χ0v) is 11.8. The quantitative estimate of drug-likeness (QED) is 0.513. The Morgan fingerprint density at radius 1 is 0.812 bits per heavy atom. The number of hydrogen-bond donors (Lipinski definition) is 0. The molecule has 10 rings (SSSR count). The van der Waals surface area contributed by atoms with Crippen LogP contribution in [0.3, 0.4) is 0 Å². The Morgan fingerprint density at radius 3 is 1.44 bits per heavy atom. The van der Waals surface area contributed by atoms with Gasteiger partial charge in [0.05, 0.1) is 0 Å². The van der Waals surface area contributed by atoms with Crippen molar-refractivity contribution in [2.24, 2.45) is 0 Å². The fourth-order valence-electron chi connectivity index (χ4n) is 15.8. The summed E-state index contributed by atoms with van der Waals surface area (Å²) in [6, 6.07) is 0. The summed E-state index contributed by atoms with van der Waals surface area (Å²) in [7, 11) is 0.521. The van der Waals surface area contributed by atoms with Crippen molar-refractivity contribution >= 4 is 7.92 Å². The van der Waals surface area contributed by atoms with E-state index in [1.54, 1.807) is 56.3 Å². The van der Waals surface area contributed by atoms with E-state index in [9.17, 15) is 0 Å². The molecule has 10 fully saturated rings. The van der Waals surface area contributed by atoms with Crippen LogP contribution in [0.5, 0.6) is 0 Å². The average molecular weight is 277 g/mol. The van der Waals surface area contributed by atoms with Crippen molar-refractivity contribution in [2.75, 3.05) is 12.3 Å². The van der Waals surface area contributed by atoms with E-state index >= 15 is 0 Å². The molecule has 4 unspecified atom stereocenters. The monoisotopic (exact) mass is 276 g/mol. The molecule has 0 aromatic rings. The molecular weight excluding hydrogens is 258 g/mol. The van der Waals surface area contributed by atoms with Crippen molar-refractivity contribution in [2.45, 2.75) is 62.0 Å². The molecule has 0 saturated carbocycles. The molecule has 16 heavy (non-hydrogen) atoms. The zero-order chi connectivity index (χ0) is 10.0. The van der Waals surface area contributed by atoms with Crippen molar-refractivity contribution in [3.05, 3.63) is 0 Å². The fraction of sp³-hybridized carbons (Fsp3) is 1.00. The minimum absolute atomic E-state index is 0.521. The Kier molecular flexibility index (Phi) is 0.201. The summed E-state index contributed by atoms with van der Waals surface area (Å²) in [5, 5.41) is 0. The molecule has 0 aliphatic carbocycles. The Morgan fingerprint density at radius 2 is 1.25 bits per heavy atom. The van der Waals surface area contributed by atoms with Gasteiger partial charge in [-0.3, -0.25) is 0 Å². The Bertz CT molecular complexity index is 829. The summed E-state index contributed by atoms with van der Waals surface area (Å²) in [6.45, 7) is 5.11. The molecule has 10 aliphatic rings. The van der Waals surface area contributed by atoms with Crippen molar-refractivity contribution in [3.8, 4) is 0 Å². The van der Waals surface area contributed by atoms with Crippen LogP contribution < -0.4 is 0 Å². The first-order valence-electron chi connectivity index (χ1n) is 7.32. The van der Waals surface area contributed by atoms with Gasteiger partial charge in [-0.25, -0.2) is 0 Å². The third-order valence-electron chi connectivity index (χ3n) is 14.4. The summed E-state index contributed by atoms with van der Waals surface area (Å²) < 4.78 is 1.26. The minimum atomic E-state index is -2.44. The molecule has 0 amide bonds. The maximum atomic E-state index is 2.55. The second-order valence-corrected chi connectivity index (χ2v) is 34.5. The van der Waals surface area contributed by atoms with Crippen LogP contribution in [0.1, 0.15) is 13.8 Å². The van der Waals surface area contributed by atoms with Crippen LogP contribution in [-0.2, 0) is 6.23 Å². The van der Waals surface area contributed by atoms with Crippen molar-refractivity contribution in [1.82, 2.24) is 0 Å². The second kappa shape index (κ2) is 0.504. The standard InChI is InChI=1S/C9H14P.C5H5.Ni/c1-3-10(4-2)9-7-5-6-8-9;1-2-4-5-3-1;/h5-8H,3-4H2,1-2H3;1-5H;. The second-order valence-electron chi connectivity index (χ2n) is 10.0. The van der Waals surface area contributed by atoms with Crippen molar-refractivity contribution in [1.29, 1.82) is 0 Å². The molecular formula is C14H19NiP. The van der Waals surface area contributed by atoms with Gasteiger partial charge >= 0.3 is 88.4 Å². The predicted molar refractivity (Wildman–Crippen MR) is 64.5 cm³/mol. The van der Waals surface area contributed by atoms with Crippen LogP contribution in [0.25, 0.3) is 0 Å². The van der Waals surface area contributed by atoms with Gasteiger partial charge < -0.3 is 0 Å². The van der Waals surface area contributed by atoms with Gasteiger partial charge in [0.25, 0.3) is 0 Å². The molecule has 0 aromatic carbocycles. The average Bonchev–Trinajstić information content (AvgIpc) is 3.25. The van der Waals surface area contributed by atoms with Crippen LogP contribution >= 0.6 is 7.92 Å². The van der Waals surface area contributed by atoms with E-state index in [0.29, 0.717) is 7.92 Å². The summed E-state index contributed by atoms with van der Waals surface area (Å²) in [6.07, 6.45) is 0.791. The van der Waals surface area contributed by atoms with Crippen molar-refractivity contribution in [3.63, 3.8) is 0 Å². The van der Waals surface area contributed by atoms with Gasteiger partial charge in [-0.1, -0.05) is 0 Å². The Labute approximate surface area is 88.4 Å². The van der Waals surface area contributed by atoms with E-state index in [1.807, 2.05) is 0 Å². The van der Waals surface area contributed by atoms with E-state index in [4.69, 9.17) is 0 Å². The summed E-state index contributed by atoms with van der Waals surface area (Å²) >= 11 is 0.